The zero-order chi connectivity index (χ0) is 19.5. The van der Waals surface area contributed by atoms with Gasteiger partial charge in [0.05, 0.1) is 25.8 Å². The monoisotopic (exact) mass is 400 g/mol. The van der Waals surface area contributed by atoms with Crippen molar-refractivity contribution in [2.24, 2.45) is 0 Å². The molecule has 1 aliphatic rings. The molecule has 28 heavy (non-hydrogen) atoms. The van der Waals surface area contributed by atoms with Gasteiger partial charge in [0.2, 0.25) is 11.8 Å². The Kier molecular flexibility index (Phi) is 5.59. The molecule has 0 aliphatic carbocycles. The SMILES string of the molecule is CCOCCn1nc(-c2ncc(C)o2)c2c1CCN(C(=O)Cc1ccsc1)C2. The number of amides is 1. The van der Waals surface area contributed by atoms with Gasteiger partial charge in [0, 0.05) is 37.4 Å². The van der Waals surface area contributed by atoms with Crippen molar-refractivity contribution in [3.05, 3.63) is 45.6 Å². The molecule has 3 aromatic heterocycles. The molecule has 0 saturated heterocycles. The second-order valence-corrected chi connectivity index (χ2v) is 7.62. The molecule has 0 saturated carbocycles. The number of nitrogens with zero attached hydrogens (tertiary/aromatic N) is 4. The van der Waals surface area contributed by atoms with Crippen LogP contribution in [0, 0.1) is 6.92 Å². The summed E-state index contributed by atoms with van der Waals surface area (Å²) in [6.07, 6.45) is 2.90. The van der Waals surface area contributed by atoms with Gasteiger partial charge in [-0.05, 0) is 36.2 Å². The first-order valence-corrected chi connectivity index (χ1v) is 10.5. The summed E-state index contributed by atoms with van der Waals surface area (Å²) in [6, 6.07) is 2.00. The van der Waals surface area contributed by atoms with Crippen molar-refractivity contribution in [2.75, 3.05) is 19.8 Å². The van der Waals surface area contributed by atoms with Crippen LogP contribution in [0.15, 0.2) is 27.4 Å². The molecule has 0 aromatic carbocycles. The molecule has 0 bridgehead atoms. The second-order valence-electron chi connectivity index (χ2n) is 6.84. The van der Waals surface area contributed by atoms with E-state index in [1.165, 1.54) is 0 Å². The minimum atomic E-state index is 0.139. The Hall–Kier alpha value is -2.45. The van der Waals surface area contributed by atoms with Crippen LogP contribution in [0.3, 0.4) is 0 Å². The number of carbonyl (C=O) groups excluding carboxylic acids is 1. The highest BCUT2D eigenvalue weighted by Crippen LogP contribution is 2.30. The number of oxazole rings is 1. The molecule has 1 amide bonds. The quantitative estimate of drug-likeness (QED) is 0.570. The highest BCUT2D eigenvalue weighted by atomic mass is 32.1. The van der Waals surface area contributed by atoms with Crippen molar-refractivity contribution in [3.63, 3.8) is 0 Å². The molecule has 0 unspecified atom stereocenters. The van der Waals surface area contributed by atoms with Crippen molar-refractivity contribution >= 4 is 17.2 Å². The van der Waals surface area contributed by atoms with Crippen LogP contribution in [0.5, 0.6) is 0 Å². The molecule has 0 fully saturated rings. The Morgan fingerprint density at radius 1 is 1.43 bits per heavy atom. The molecule has 0 spiro atoms. The Bertz CT molecular complexity index is 945. The normalized spacial score (nSPS) is 13.7. The average Bonchev–Trinajstić information content (AvgIpc) is 3.42. The summed E-state index contributed by atoms with van der Waals surface area (Å²) in [4.78, 5) is 19.1. The molecule has 7 nitrogen and oxygen atoms in total. The Labute approximate surface area is 167 Å². The fourth-order valence-corrected chi connectivity index (χ4v) is 4.17. The first kappa shape index (κ1) is 18.9. The van der Waals surface area contributed by atoms with Gasteiger partial charge in [0.25, 0.3) is 0 Å². The summed E-state index contributed by atoms with van der Waals surface area (Å²) in [6.45, 7) is 7.04. The number of rotatable bonds is 7. The summed E-state index contributed by atoms with van der Waals surface area (Å²) < 4.78 is 13.2. The van der Waals surface area contributed by atoms with E-state index in [-0.39, 0.29) is 5.91 Å². The molecule has 4 rings (SSSR count). The van der Waals surface area contributed by atoms with E-state index in [1.807, 2.05) is 40.3 Å². The van der Waals surface area contributed by atoms with Crippen molar-refractivity contribution in [1.82, 2.24) is 19.7 Å². The molecular formula is C20H24N4O3S. The van der Waals surface area contributed by atoms with E-state index >= 15 is 0 Å². The Balaban J connectivity index is 1.60. The third kappa shape index (κ3) is 3.88. The minimum absolute atomic E-state index is 0.139. The summed E-state index contributed by atoms with van der Waals surface area (Å²) in [5.74, 6) is 1.39. The van der Waals surface area contributed by atoms with Gasteiger partial charge in [-0.3, -0.25) is 9.48 Å². The maximum atomic E-state index is 12.8. The first-order valence-electron chi connectivity index (χ1n) is 9.53. The lowest BCUT2D eigenvalue weighted by molar-refractivity contribution is -0.131. The zero-order valence-electron chi connectivity index (χ0n) is 16.2. The topological polar surface area (TPSA) is 73.4 Å². The molecule has 1 aliphatic heterocycles. The van der Waals surface area contributed by atoms with Crippen molar-refractivity contribution in [3.8, 4) is 11.6 Å². The van der Waals surface area contributed by atoms with E-state index in [9.17, 15) is 4.79 Å². The standard InChI is InChI=1S/C20H24N4O3S/c1-3-26-8-7-24-17-4-6-23(18(25)10-15-5-9-28-13-15)12-16(17)19(22-24)20-21-11-14(2)27-20/h5,9,11,13H,3-4,6-8,10,12H2,1-2H3. The molecule has 3 aromatic rings. The van der Waals surface area contributed by atoms with E-state index in [2.05, 4.69) is 4.98 Å². The first-order chi connectivity index (χ1) is 13.7. The summed E-state index contributed by atoms with van der Waals surface area (Å²) >= 11 is 1.61. The number of aromatic nitrogens is 3. The third-order valence-corrected chi connectivity index (χ3v) is 5.63. The predicted octanol–water partition coefficient (Wildman–Crippen LogP) is 3.07. The van der Waals surface area contributed by atoms with Crippen LogP contribution in [0.1, 0.15) is 29.5 Å². The molecular weight excluding hydrogens is 376 g/mol. The van der Waals surface area contributed by atoms with Crippen LogP contribution in [0.25, 0.3) is 11.6 Å². The second kappa shape index (κ2) is 8.28. The number of aryl methyl sites for hydroxylation is 1. The maximum absolute atomic E-state index is 12.8. The summed E-state index contributed by atoms with van der Waals surface area (Å²) in [5.41, 5.74) is 3.97. The van der Waals surface area contributed by atoms with Crippen LogP contribution < -0.4 is 0 Å². The van der Waals surface area contributed by atoms with Gasteiger partial charge < -0.3 is 14.1 Å². The summed E-state index contributed by atoms with van der Waals surface area (Å²) in [7, 11) is 0. The number of hydrogen-bond acceptors (Lipinski definition) is 6. The number of ether oxygens (including phenoxy) is 1. The van der Waals surface area contributed by atoms with E-state index in [1.54, 1.807) is 17.5 Å². The third-order valence-electron chi connectivity index (χ3n) is 4.90. The van der Waals surface area contributed by atoms with Crippen LogP contribution in [0.4, 0.5) is 0 Å². The Morgan fingerprint density at radius 2 is 2.32 bits per heavy atom. The van der Waals surface area contributed by atoms with Crippen LogP contribution in [-0.2, 0) is 35.5 Å². The van der Waals surface area contributed by atoms with E-state index in [0.29, 0.717) is 45.2 Å². The number of thiophene rings is 1. The smallest absolute Gasteiger partial charge is 0.247 e. The fraction of sp³-hybridized carbons (Fsp3) is 0.450. The maximum Gasteiger partial charge on any atom is 0.247 e. The van der Waals surface area contributed by atoms with E-state index in [0.717, 1.165) is 34.7 Å². The van der Waals surface area contributed by atoms with Gasteiger partial charge in [0.15, 0.2) is 5.69 Å². The fourth-order valence-electron chi connectivity index (χ4n) is 3.50. The van der Waals surface area contributed by atoms with Gasteiger partial charge in [-0.2, -0.15) is 16.4 Å². The van der Waals surface area contributed by atoms with Crippen molar-refractivity contribution < 1.29 is 13.9 Å². The average molecular weight is 401 g/mol. The summed E-state index contributed by atoms with van der Waals surface area (Å²) in [5, 5.41) is 8.79. The minimum Gasteiger partial charge on any atom is -0.440 e. The van der Waals surface area contributed by atoms with Crippen LogP contribution in [-0.4, -0.2) is 45.3 Å². The number of hydrogen-bond donors (Lipinski definition) is 0. The van der Waals surface area contributed by atoms with Gasteiger partial charge in [-0.25, -0.2) is 4.98 Å². The molecule has 4 heterocycles. The molecule has 0 atom stereocenters. The van der Waals surface area contributed by atoms with Gasteiger partial charge in [-0.15, -0.1) is 0 Å². The highest BCUT2D eigenvalue weighted by Gasteiger charge is 2.29. The lowest BCUT2D eigenvalue weighted by atomic mass is 10.0. The number of carbonyl (C=O) groups is 1. The van der Waals surface area contributed by atoms with E-state index < -0.39 is 0 Å². The molecule has 0 N–H and O–H groups in total. The lowest BCUT2D eigenvalue weighted by Crippen LogP contribution is -2.37. The molecule has 148 valence electrons. The van der Waals surface area contributed by atoms with Crippen molar-refractivity contribution in [2.45, 2.75) is 39.8 Å². The van der Waals surface area contributed by atoms with Crippen LogP contribution >= 0.6 is 11.3 Å². The molecule has 8 heteroatoms. The van der Waals surface area contributed by atoms with Crippen LogP contribution in [0.2, 0.25) is 0 Å². The van der Waals surface area contributed by atoms with Crippen molar-refractivity contribution in [1.29, 1.82) is 0 Å². The Morgan fingerprint density at radius 3 is 3.04 bits per heavy atom. The number of fused-ring (bicyclic) bond motifs is 1. The predicted molar refractivity (Wildman–Crippen MR) is 106 cm³/mol. The largest absolute Gasteiger partial charge is 0.440 e. The van der Waals surface area contributed by atoms with Gasteiger partial charge in [-0.1, -0.05) is 0 Å². The lowest BCUT2D eigenvalue weighted by Gasteiger charge is -2.28. The zero-order valence-corrected chi connectivity index (χ0v) is 17.0. The highest BCUT2D eigenvalue weighted by molar-refractivity contribution is 7.08. The van der Waals surface area contributed by atoms with Gasteiger partial charge in [0.1, 0.15) is 5.76 Å². The van der Waals surface area contributed by atoms with E-state index in [4.69, 9.17) is 14.3 Å². The molecule has 0 radical (unpaired) electrons. The van der Waals surface area contributed by atoms with Gasteiger partial charge >= 0.3 is 0 Å².